The Labute approximate surface area is 198 Å². The summed E-state index contributed by atoms with van der Waals surface area (Å²) in [7, 11) is 1.37. The van der Waals surface area contributed by atoms with Crippen molar-refractivity contribution in [3.63, 3.8) is 0 Å². The third-order valence-electron chi connectivity index (χ3n) is 4.88. The number of benzene rings is 2. The van der Waals surface area contributed by atoms with Crippen LogP contribution in [0.4, 0.5) is 17.6 Å². The molecular formula is C25H19ClF4N2O2. The van der Waals surface area contributed by atoms with Gasteiger partial charge >= 0.3 is 6.18 Å². The maximum Gasteiger partial charge on any atom is 0.417 e. The van der Waals surface area contributed by atoms with Crippen molar-refractivity contribution in [3.8, 4) is 11.8 Å². The van der Waals surface area contributed by atoms with Gasteiger partial charge in [0.15, 0.2) is 0 Å². The quantitative estimate of drug-likeness (QED) is 0.363. The van der Waals surface area contributed by atoms with E-state index in [4.69, 9.17) is 16.3 Å². The summed E-state index contributed by atoms with van der Waals surface area (Å²) in [4.78, 5) is 16.9. The smallest absolute Gasteiger partial charge is 0.373 e. The molecule has 0 saturated carbocycles. The van der Waals surface area contributed by atoms with Crippen LogP contribution in [0.3, 0.4) is 0 Å². The fourth-order valence-corrected chi connectivity index (χ4v) is 3.52. The Morgan fingerprint density at radius 2 is 1.74 bits per heavy atom. The van der Waals surface area contributed by atoms with Gasteiger partial charge in [0.25, 0.3) is 5.91 Å². The molecule has 3 rings (SSSR count). The standard InChI is InChI=1S/C25H19ClF4N2O2/c1-15(32-24(33)19-5-3-4-6-20(19)25(28,29)30)23(34-2)22-21(26)13-17(14-31-22)8-7-16-9-11-18(27)12-10-16/h3-6,9-15,23H,1-2H3,(H,32,33). The molecule has 2 unspecified atom stereocenters. The van der Waals surface area contributed by atoms with E-state index in [1.165, 1.54) is 49.7 Å². The number of amides is 1. The summed E-state index contributed by atoms with van der Waals surface area (Å²) >= 11 is 6.37. The summed E-state index contributed by atoms with van der Waals surface area (Å²) in [5, 5.41) is 2.73. The minimum atomic E-state index is -4.67. The predicted octanol–water partition coefficient (Wildman–Crippen LogP) is 5.80. The van der Waals surface area contributed by atoms with Crippen LogP contribution >= 0.6 is 11.6 Å². The highest BCUT2D eigenvalue weighted by Gasteiger charge is 2.35. The number of carbonyl (C=O) groups is 1. The van der Waals surface area contributed by atoms with Gasteiger partial charge in [0.05, 0.1) is 27.9 Å². The van der Waals surface area contributed by atoms with Gasteiger partial charge in [-0.3, -0.25) is 9.78 Å². The number of nitrogens with zero attached hydrogens (tertiary/aromatic N) is 1. The van der Waals surface area contributed by atoms with Gasteiger partial charge in [0, 0.05) is 24.4 Å². The molecular weight excluding hydrogens is 472 g/mol. The maximum absolute atomic E-state index is 13.3. The largest absolute Gasteiger partial charge is 0.417 e. The number of halogens is 5. The minimum Gasteiger partial charge on any atom is -0.373 e. The molecule has 1 amide bonds. The molecule has 0 spiro atoms. The van der Waals surface area contributed by atoms with Crippen molar-refractivity contribution in [2.24, 2.45) is 0 Å². The molecule has 176 valence electrons. The number of hydrogen-bond donors (Lipinski definition) is 1. The molecule has 1 heterocycles. The summed E-state index contributed by atoms with van der Waals surface area (Å²) in [6, 6.07) is 11.0. The Kier molecular flexibility index (Phi) is 7.92. The lowest BCUT2D eigenvalue weighted by Gasteiger charge is -2.24. The van der Waals surface area contributed by atoms with Crippen molar-refractivity contribution in [2.45, 2.75) is 25.2 Å². The first-order valence-electron chi connectivity index (χ1n) is 10.0. The second kappa shape index (κ2) is 10.7. The Hall–Kier alpha value is -3.41. The SMILES string of the molecule is COC(c1ncc(C#Cc2ccc(F)cc2)cc1Cl)C(C)NC(=O)c1ccccc1C(F)(F)F. The van der Waals surface area contributed by atoms with Crippen molar-refractivity contribution < 1.29 is 27.1 Å². The van der Waals surface area contributed by atoms with E-state index in [1.807, 2.05) is 0 Å². The second-order valence-electron chi connectivity index (χ2n) is 7.31. The number of hydrogen-bond acceptors (Lipinski definition) is 3. The van der Waals surface area contributed by atoms with E-state index in [2.05, 4.69) is 22.1 Å². The average molecular weight is 491 g/mol. The van der Waals surface area contributed by atoms with Gasteiger partial charge < -0.3 is 10.1 Å². The number of alkyl halides is 3. The molecule has 34 heavy (non-hydrogen) atoms. The molecule has 3 aromatic rings. The number of carbonyl (C=O) groups excluding carboxylic acids is 1. The van der Waals surface area contributed by atoms with Crippen LogP contribution in [-0.4, -0.2) is 24.0 Å². The van der Waals surface area contributed by atoms with Crippen molar-refractivity contribution in [2.75, 3.05) is 7.11 Å². The zero-order valence-corrected chi connectivity index (χ0v) is 18.8. The molecule has 0 radical (unpaired) electrons. The lowest BCUT2D eigenvalue weighted by molar-refractivity contribution is -0.137. The van der Waals surface area contributed by atoms with Gasteiger partial charge in [-0.2, -0.15) is 13.2 Å². The fourth-order valence-electron chi connectivity index (χ4n) is 3.24. The maximum atomic E-state index is 13.3. The van der Waals surface area contributed by atoms with Crippen LogP contribution in [0.2, 0.25) is 5.02 Å². The molecule has 4 nitrogen and oxygen atoms in total. The van der Waals surface area contributed by atoms with Crippen LogP contribution in [0.5, 0.6) is 0 Å². The molecule has 9 heteroatoms. The first kappa shape index (κ1) is 25.2. The van der Waals surface area contributed by atoms with Crippen molar-refractivity contribution in [1.29, 1.82) is 0 Å². The number of aromatic nitrogens is 1. The number of nitrogens with one attached hydrogen (secondary N) is 1. The van der Waals surface area contributed by atoms with Crippen LogP contribution in [0.15, 0.2) is 60.8 Å². The Bertz CT molecular complexity index is 1230. The molecule has 0 aliphatic carbocycles. The zero-order valence-electron chi connectivity index (χ0n) is 18.1. The van der Waals surface area contributed by atoms with E-state index >= 15 is 0 Å². The average Bonchev–Trinajstić information content (AvgIpc) is 2.80. The number of methoxy groups -OCH3 is 1. The normalized spacial score (nSPS) is 12.9. The highest BCUT2D eigenvalue weighted by atomic mass is 35.5. The topological polar surface area (TPSA) is 51.2 Å². The van der Waals surface area contributed by atoms with Gasteiger partial charge in [-0.1, -0.05) is 35.6 Å². The molecule has 0 aliphatic rings. The van der Waals surface area contributed by atoms with Gasteiger partial charge in [0.2, 0.25) is 0 Å². The minimum absolute atomic E-state index is 0.203. The highest BCUT2D eigenvalue weighted by Crippen LogP contribution is 2.32. The molecule has 0 aliphatic heterocycles. The lowest BCUT2D eigenvalue weighted by Crippen LogP contribution is -2.39. The van der Waals surface area contributed by atoms with E-state index in [-0.39, 0.29) is 16.5 Å². The van der Waals surface area contributed by atoms with Crippen molar-refractivity contribution in [1.82, 2.24) is 10.3 Å². The molecule has 2 atom stereocenters. The molecule has 1 N–H and O–H groups in total. The van der Waals surface area contributed by atoms with Crippen molar-refractivity contribution in [3.05, 3.63) is 99.6 Å². The first-order valence-corrected chi connectivity index (χ1v) is 10.4. The second-order valence-corrected chi connectivity index (χ2v) is 7.72. The van der Waals surface area contributed by atoms with E-state index in [0.717, 1.165) is 12.1 Å². The fraction of sp³-hybridized carbons (Fsp3) is 0.200. The van der Waals surface area contributed by atoms with E-state index in [0.29, 0.717) is 11.1 Å². The van der Waals surface area contributed by atoms with Gasteiger partial charge in [-0.05, 0) is 49.4 Å². The Morgan fingerprint density at radius 3 is 2.35 bits per heavy atom. The van der Waals surface area contributed by atoms with Crippen LogP contribution < -0.4 is 5.32 Å². The molecule has 0 saturated heterocycles. The van der Waals surface area contributed by atoms with E-state index in [1.54, 1.807) is 13.0 Å². The molecule has 2 aromatic carbocycles. The van der Waals surface area contributed by atoms with Crippen LogP contribution in [0.1, 0.15) is 45.8 Å². The highest BCUT2D eigenvalue weighted by molar-refractivity contribution is 6.31. The lowest BCUT2D eigenvalue weighted by atomic mass is 10.0. The zero-order chi connectivity index (χ0) is 24.9. The van der Waals surface area contributed by atoms with Crippen molar-refractivity contribution >= 4 is 17.5 Å². The third-order valence-corrected chi connectivity index (χ3v) is 5.18. The monoisotopic (exact) mass is 490 g/mol. The summed E-state index contributed by atoms with van der Waals surface area (Å²) in [6.45, 7) is 1.57. The number of ether oxygens (including phenoxy) is 1. The van der Waals surface area contributed by atoms with Gasteiger partial charge in [-0.15, -0.1) is 0 Å². The van der Waals surface area contributed by atoms with Crippen LogP contribution in [0, 0.1) is 17.7 Å². The van der Waals surface area contributed by atoms with Crippen LogP contribution in [-0.2, 0) is 10.9 Å². The molecule has 0 fully saturated rings. The predicted molar refractivity (Wildman–Crippen MR) is 120 cm³/mol. The molecule has 0 bridgehead atoms. The van der Waals surface area contributed by atoms with Gasteiger partial charge in [-0.25, -0.2) is 4.39 Å². The number of rotatable bonds is 5. The van der Waals surface area contributed by atoms with Crippen LogP contribution in [0.25, 0.3) is 0 Å². The molecule has 1 aromatic heterocycles. The Balaban J connectivity index is 1.79. The Morgan fingerprint density at radius 1 is 1.09 bits per heavy atom. The van der Waals surface area contributed by atoms with E-state index in [9.17, 15) is 22.4 Å². The number of pyridine rings is 1. The van der Waals surface area contributed by atoms with Gasteiger partial charge in [0.1, 0.15) is 11.9 Å². The van der Waals surface area contributed by atoms with E-state index < -0.39 is 35.4 Å². The first-order chi connectivity index (χ1) is 16.1. The summed E-state index contributed by atoms with van der Waals surface area (Å²) < 4.78 is 58.2. The summed E-state index contributed by atoms with van der Waals surface area (Å²) in [5.74, 6) is 4.47. The third kappa shape index (κ3) is 6.13. The summed E-state index contributed by atoms with van der Waals surface area (Å²) in [5.41, 5.74) is -0.153. The summed E-state index contributed by atoms with van der Waals surface area (Å²) in [6.07, 6.45) is -4.06.